The summed E-state index contributed by atoms with van der Waals surface area (Å²) in [6, 6.07) is 7.41. The number of aromatic nitrogens is 2. The van der Waals surface area contributed by atoms with E-state index >= 15 is 0 Å². The molecule has 0 spiro atoms. The molecular weight excluding hydrogens is 344 g/mol. The second kappa shape index (κ2) is 5.93. The van der Waals surface area contributed by atoms with Gasteiger partial charge in [0, 0.05) is 11.1 Å². The first-order valence-corrected chi connectivity index (χ1v) is 7.90. The summed E-state index contributed by atoms with van der Waals surface area (Å²) in [5, 5.41) is 10.2. The van der Waals surface area contributed by atoms with E-state index in [0.29, 0.717) is 5.56 Å². The van der Waals surface area contributed by atoms with E-state index in [4.69, 9.17) is 11.6 Å². The molecule has 1 aromatic carbocycles. The number of carbonyl (C=O) groups excluding carboxylic acids is 3. The predicted octanol–water partition coefficient (Wildman–Crippen LogP) is 2.78. The lowest BCUT2D eigenvalue weighted by atomic mass is 10.1. The number of benzene rings is 1. The fourth-order valence-corrected chi connectivity index (χ4v) is 2.66. The first kappa shape index (κ1) is 17.0. The number of fused-ring (bicyclic) bond motifs is 1. The molecule has 1 aliphatic rings. The Morgan fingerprint density at radius 2 is 1.72 bits per heavy atom. The number of rotatable bonds is 2. The number of nitrogens with one attached hydrogen (secondary N) is 1. The molecule has 0 saturated carbocycles. The summed E-state index contributed by atoms with van der Waals surface area (Å²) < 4.78 is 0. The van der Waals surface area contributed by atoms with Crippen LogP contribution in [0.5, 0.6) is 0 Å². The molecule has 3 amide bonds. The van der Waals surface area contributed by atoms with Crippen molar-refractivity contribution >= 4 is 35.1 Å². The second-order valence-corrected chi connectivity index (χ2v) is 6.96. The fourth-order valence-electron chi connectivity index (χ4n) is 2.56. The number of nitrogens with zero attached hydrogens (tertiary/aromatic N) is 3. The zero-order chi connectivity index (χ0) is 18.4. The molecule has 0 unspecified atom stereocenters. The van der Waals surface area contributed by atoms with Crippen molar-refractivity contribution in [2.75, 3.05) is 5.32 Å². The van der Waals surface area contributed by atoms with Crippen molar-refractivity contribution in [2.24, 2.45) is 0 Å². The molecule has 0 saturated heterocycles. The number of carbonyl (C=O) groups is 3. The number of anilines is 1. The van der Waals surface area contributed by atoms with Crippen LogP contribution in [-0.4, -0.2) is 38.4 Å². The van der Waals surface area contributed by atoms with Crippen molar-refractivity contribution in [3.05, 3.63) is 52.2 Å². The van der Waals surface area contributed by atoms with Crippen LogP contribution in [0.25, 0.3) is 0 Å². The Labute approximate surface area is 149 Å². The van der Waals surface area contributed by atoms with Gasteiger partial charge in [-0.3, -0.25) is 19.3 Å². The lowest BCUT2D eigenvalue weighted by Crippen LogP contribution is -2.45. The van der Waals surface area contributed by atoms with Crippen molar-refractivity contribution in [1.82, 2.24) is 15.1 Å². The average molecular weight is 359 g/mol. The summed E-state index contributed by atoms with van der Waals surface area (Å²) >= 11 is 5.65. The van der Waals surface area contributed by atoms with Gasteiger partial charge in [0.1, 0.15) is 0 Å². The van der Waals surface area contributed by atoms with E-state index in [-0.39, 0.29) is 28.0 Å². The summed E-state index contributed by atoms with van der Waals surface area (Å²) in [4.78, 5) is 38.5. The zero-order valence-electron chi connectivity index (χ0n) is 13.8. The summed E-state index contributed by atoms with van der Waals surface area (Å²) in [5.74, 6) is -1.00. The van der Waals surface area contributed by atoms with Crippen molar-refractivity contribution in [1.29, 1.82) is 0 Å². The molecule has 0 bridgehead atoms. The molecule has 3 rings (SSSR count). The van der Waals surface area contributed by atoms with Gasteiger partial charge in [0.05, 0.1) is 11.1 Å². The molecule has 7 nitrogen and oxygen atoms in total. The largest absolute Gasteiger partial charge is 0.305 e. The van der Waals surface area contributed by atoms with Crippen LogP contribution in [-0.2, 0) is 0 Å². The highest BCUT2D eigenvalue weighted by molar-refractivity contribution is 6.29. The molecule has 0 radical (unpaired) electrons. The normalized spacial score (nSPS) is 13.8. The Kier molecular flexibility index (Phi) is 4.04. The molecule has 128 valence electrons. The standard InChI is InChI=1S/C17H15ClN4O3/c1-17(2,3)22-15(24)10-5-4-9(8-11(10)16(22)25)14(23)19-13-7-6-12(18)20-21-13/h4-8H,1-3H3,(H,19,21,23). The van der Waals surface area contributed by atoms with Crippen LogP contribution >= 0.6 is 11.6 Å². The van der Waals surface area contributed by atoms with Crippen LogP contribution in [0.2, 0.25) is 5.15 Å². The third-order valence-electron chi connectivity index (χ3n) is 3.69. The minimum Gasteiger partial charge on any atom is -0.305 e. The van der Waals surface area contributed by atoms with E-state index in [0.717, 1.165) is 0 Å². The number of imide groups is 1. The maximum absolute atomic E-state index is 12.6. The maximum atomic E-state index is 12.6. The minimum absolute atomic E-state index is 0.210. The van der Waals surface area contributed by atoms with Crippen LogP contribution in [0.15, 0.2) is 30.3 Å². The third kappa shape index (κ3) is 3.10. The van der Waals surface area contributed by atoms with Crippen molar-refractivity contribution in [3.63, 3.8) is 0 Å². The summed E-state index contributed by atoms with van der Waals surface area (Å²) in [6.45, 7) is 5.34. The molecule has 0 aliphatic carbocycles. The Hall–Kier alpha value is -2.80. The van der Waals surface area contributed by atoms with Crippen molar-refractivity contribution in [3.8, 4) is 0 Å². The van der Waals surface area contributed by atoms with Crippen LogP contribution in [0.1, 0.15) is 51.8 Å². The van der Waals surface area contributed by atoms with E-state index in [9.17, 15) is 14.4 Å². The van der Waals surface area contributed by atoms with E-state index in [1.165, 1.54) is 35.2 Å². The molecule has 2 heterocycles. The molecule has 1 N–H and O–H groups in total. The highest BCUT2D eigenvalue weighted by atomic mass is 35.5. The molecule has 1 aromatic heterocycles. The number of halogens is 1. The SMILES string of the molecule is CC(C)(C)N1C(=O)c2ccc(C(=O)Nc3ccc(Cl)nn3)cc2C1=O. The predicted molar refractivity (Wildman–Crippen MR) is 91.7 cm³/mol. The van der Waals surface area contributed by atoms with Crippen LogP contribution < -0.4 is 5.32 Å². The van der Waals surface area contributed by atoms with Gasteiger partial charge < -0.3 is 5.32 Å². The number of hydrogen-bond acceptors (Lipinski definition) is 5. The smallest absolute Gasteiger partial charge is 0.262 e. The van der Waals surface area contributed by atoms with Gasteiger partial charge in [0.25, 0.3) is 17.7 Å². The monoisotopic (exact) mass is 358 g/mol. The summed E-state index contributed by atoms with van der Waals surface area (Å²) in [7, 11) is 0. The lowest BCUT2D eigenvalue weighted by Gasteiger charge is -2.29. The molecule has 25 heavy (non-hydrogen) atoms. The Morgan fingerprint density at radius 3 is 2.32 bits per heavy atom. The molecular formula is C17H15ClN4O3. The fraction of sp³-hybridized carbons (Fsp3) is 0.235. The third-order valence-corrected chi connectivity index (χ3v) is 3.89. The van der Waals surface area contributed by atoms with E-state index in [1.807, 2.05) is 0 Å². The molecule has 0 fully saturated rings. The first-order valence-electron chi connectivity index (χ1n) is 7.52. The van der Waals surface area contributed by atoms with Crippen LogP contribution in [0.4, 0.5) is 5.82 Å². The van der Waals surface area contributed by atoms with Gasteiger partial charge in [-0.05, 0) is 51.1 Å². The minimum atomic E-state index is -0.644. The van der Waals surface area contributed by atoms with Gasteiger partial charge in [-0.15, -0.1) is 10.2 Å². The van der Waals surface area contributed by atoms with Crippen LogP contribution in [0.3, 0.4) is 0 Å². The number of hydrogen-bond donors (Lipinski definition) is 1. The van der Waals surface area contributed by atoms with E-state index in [2.05, 4.69) is 15.5 Å². The lowest BCUT2D eigenvalue weighted by molar-refractivity contribution is 0.0507. The van der Waals surface area contributed by atoms with Gasteiger partial charge >= 0.3 is 0 Å². The van der Waals surface area contributed by atoms with Crippen LogP contribution in [0, 0.1) is 0 Å². The Bertz CT molecular complexity index is 888. The maximum Gasteiger partial charge on any atom is 0.262 e. The van der Waals surface area contributed by atoms with Gasteiger partial charge in [-0.1, -0.05) is 11.6 Å². The highest BCUT2D eigenvalue weighted by Gasteiger charge is 2.42. The summed E-state index contributed by atoms with van der Waals surface area (Å²) in [6.07, 6.45) is 0. The topological polar surface area (TPSA) is 92.3 Å². The van der Waals surface area contributed by atoms with Crippen molar-refractivity contribution in [2.45, 2.75) is 26.3 Å². The van der Waals surface area contributed by atoms with Gasteiger partial charge in [-0.2, -0.15) is 0 Å². The van der Waals surface area contributed by atoms with Crippen molar-refractivity contribution < 1.29 is 14.4 Å². The Morgan fingerprint density at radius 1 is 1.04 bits per heavy atom. The number of amides is 3. The molecule has 1 aliphatic heterocycles. The molecule has 8 heteroatoms. The molecule has 2 aromatic rings. The quantitative estimate of drug-likeness (QED) is 0.833. The second-order valence-electron chi connectivity index (χ2n) is 6.57. The first-order chi connectivity index (χ1) is 11.7. The van der Waals surface area contributed by atoms with Gasteiger partial charge in [-0.25, -0.2) is 0 Å². The van der Waals surface area contributed by atoms with Gasteiger partial charge in [0.15, 0.2) is 11.0 Å². The molecule has 0 atom stereocenters. The van der Waals surface area contributed by atoms with E-state index in [1.54, 1.807) is 20.8 Å². The van der Waals surface area contributed by atoms with Gasteiger partial charge in [0.2, 0.25) is 0 Å². The Balaban J connectivity index is 1.89. The average Bonchev–Trinajstić information content (AvgIpc) is 2.80. The highest BCUT2D eigenvalue weighted by Crippen LogP contribution is 2.30. The van der Waals surface area contributed by atoms with E-state index < -0.39 is 17.4 Å². The summed E-state index contributed by atoms with van der Waals surface area (Å²) in [5.41, 5.74) is 0.110. The zero-order valence-corrected chi connectivity index (χ0v) is 14.6.